The molecule has 1 aromatic rings. The molecule has 1 aliphatic rings. The van der Waals surface area contributed by atoms with Crippen molar-refractivity contribution in [3.8, 4) is 0 Å². The molecule has 0 saturated carbocycles. The van der Waals surface area contributed by atoms with Gasteiger partial charge in [-0.15, -0.1) is 5.10 Å². The lowest BCUT2D eigenvalue weighted by atomic mass is 10.3. The minimum absolute atomic E-state index is 0.0605. The molecule has 0 aliphatic carbocycles. The van der Waals surface area contributed by atoms with E-state index in [1.54, 1.807) is 0 Å². The summed E-state index contributed by atoms with van der Waals surface area (Å²) in [6.07, 6.45) is 0.233. The molecular formula is C7H9N5O3. The molecule has 1 amide bonds. The molecule has 8 nitrogen and oxygen atoms in total. The Labute approximate surface area is 84.1 Å². The van der Waals surface area contributed by atoms with Gasteiger partial charge in [-0.1, -0.05) is 0 Å². The zero-order valence-corrected chi connectivity index (χ0v) is 7.67. The normalized spacial score (nSPS) is 21.0. The molecule has 0 bridgehead atoms. The number of carboxylic acids is 1. The number of rotatable bonds is 2. The summed E-state index contributed by atoms with van der Waals surface area (Å²) in [7, 11) is 0. The number of nitrogens with one attached hydrogen (secondary N) is 1. The third-order valence-electron chi connectivity index (χ3n) is 2.07. The molecule has 1 atom stereocenters. The van der Waals surface area contributed by atoms with Crippen LogP contribution in [0.15, 0.2) is 0 Å². The van der Waals surface area contributed by atoms with Gasteiger partial charge < -0.3 is 10.8 Å². The highest BCUT2D eigenvalue weighted by atomic mass is 16.4. The van der Waals surface area contributed by atoms with E-state index in [0.717, 1.165) is 0 Å². The molecule has 15 heavy (non-hydrogen) atoms. The molecule has 0 aromatic carbocycles. The zero-order valence-electron chi connectivity index (χ0n) is 7.67. The van der Waals surface area contributed by atoms with Crippen LogP contribution >= 0.6 is 0 Å². The predicted molar refractivity (Wildman–Crippen MR) is 48.3 cm³/mol. The van der Waals surface area contributed by atoms with Crippen LogP contribution in [0.25, 0.3) is 0 Å². The number of nitrogens with zero attached hydrogens (tertiary/aromatic N) is 3. The van der Waals surface area contributed by atoms with Crippen molar-refractivity contribution in [1.82, 2.24) is 15.2 Å². The smallest absolute Gasteiger partial charge is 0.373 e. The van der Waals surface area contributed by atoms with Crippen molar-refractivity contribution in [2.75, 3.05) is 11.4 Å². The van der Waals surface area contributed by atoms with Crippen molar-refractivity contribution in [2.24, 2.45) is 5.73 Å². The van der Waals surface area contributed by atoms with Crippen LogP contribution in [0.5, 0.6) is 0 Å². The summed E-state index contributed by atoms with van der Waals surface area (Å²) in [5, 5.41) is 14.5. The number of hydrogen-bond acceptors (Lipinski definition) is 5. The number of carbonyl (C=O) groups is 2. The summed E-state index contributed by atoms with van der Waals surface area (Å²) < 4.78 is 0. The van der Waals surface area contributed by atoms with E-state index in [9.17, 15) is 9.59 Å². The van der Waals surface area contributed by atoms with Gasteiger partial charge in [0.1, 0.15) is 0 Å². The maximum Gasteiger partial charge on any atom is 0.373 e. The van der Waals surface area contributed by atoms with Gasteiger partial charge >= 0.3 is 5.97 Å². The fourth-order valence-electron chi connectivity index (χ4n) is 1.40. The summed E-state index contributed by atoms with van der Waals surface area (Å²) in [6, 6.07) is -0.246. The lowest BCUT2D eigenvalue weighted by molar-refractivity contribution is -0.117. The van der Waals surface area contributed by atoms with Crippen molar-refractivity contribution in [3.63, 3.8) is 0 Å². The van der Waals surface area contributed by atoms with Crippen LogP contribution in [0.4, 0.5) is 5.95 Å². The molecule has 0 spiro atoms. The predicted octanol–water partition coefficient (Wildman–Crippen LogP) is -1.43. The van der Waals surface area contributed by atoms with Gasteiger partial charge in [-0.25, -0.2) is 4.79 Å². The number of carbonyl (C=O) groups excluding carboxylic acids is 1. The highest BCUT2D eigenvalue weighted by molar-refractivity contribution is 5.95. The number of aromatic carboxylic acids is 1. The average molecular weight is 211 g/mol. The summed E-state index contributed by atoms with van der Waals surface area (Å²) in [4.78, 5) is 26.8. The Morgan fingerprint density at radius 2 is 2.40 bits per heavy atom. The first-order valence-corrected chi connectivity index (χ1v) is 4.29. The third kappa shape index (κ3) is 1.66. The number of nitrogens with two attached hydrogens (primary N) is 1. The average Bonchev–Trinajstić information content (AvgIpc) is 2.71. The first-order chi connectivity index (χ1) is 7.08. The van der Waals surface area contributed by atoms with E-state index in [2.05, 4.69) is 15.2 Å². The van der Waals surface area contributed by atoms with Gasteiger partial charge in [0.25, 0.3) is 5.95 Å². The van der Waals surface area contributed by atoms with E-state index in [-0.39, 0.29) is 30.1 Å². The van der Waals surface area contributed by atoms with Gasteiger partial charge in [0, 0.05) is 19.0 Å². The number of carboxylic acid groups (broad SMARTS) is 1. The topological polar surface area (TPSA) is 125 Å². The first-order valence-electron chi connectivity index (χ1n) is 4.29. The van der Waals surface area contributed by atoms with Crippen LogP contribution in [0.1, 0.15) is 17.0 Å². The largest absolute Gasteiger partial charge is 0.475 e. The molecule has 1 unspecified atom stereocenters. The van der Waals surface area contributed by atoms with Crippen LogP contribution in [-0.4, -0.2) is 44.8 Å². The van der Waals surface area contributed by atoms with E-state index < -0.39 is 5.97 Å². The number of aromatic nitrogens is 3. The van der Waals surface area contributed by atoms with Crippen LogP contribution in [-0.2, 0) is 4.79 Å². The standard InChI is InChI=1S/C7H9N5O3/c8-3-1-4(13)12(2-3)7-9-5(6(14)15)10-11-7/h3H,1-2,8H2,(H,14,15)(H,9,10,11). The third-order valence-corrected chi connectivity index (χ3v) is 2.07. The Kier molecular flexibility index (Phi) is 2.12. The molecule has 2 rings (SSSR count). The van der Waals surface area contributed by atoms with Crippen molar-refractivity contribution >= 4 is 17.8 Å². The minimum atomic E-state index is -1.22. The number of amides is 1. The van der Waals surface area contributed by atoms with Crippen molar-refractivity contribution in [2.45, 2.75) is 12.5 Å². The fraction of sp³-hybridized carbons (Fsp3) is 0.429. The van der Waals surface area contributed by atoms with Crippen molar-refractivity contribution in [3.05, 3.63) is 5.82 Å². The molecule has 8 heteroatoms. The zero-order chi connectivity index (χ0) is 11.0. The van der Waals surface area contributed by atoms with E-state index in [0.29, 0.717) is 6.54 Å². The van der Waals surface area contributed by atoms with Crippen molar-refractivity contribution in [1.29, 1.82) is 0 Å². The van der Waals surface area contributed by atoms with Gasteiger partial charge in [0.15, 0.2) is 0 Å². The Morgan fingerprint density at radius 3 is 2.87 bits per heavy atom. The number of aromatic amines is 1. The Bertz CT molecular complexity index is 415. The van der Waals surface area contributed by atoms with Crippen LogP contribution in [0, 0.1) is 0 Å². The second-order valence-corrected chi connectivity index (χ2v) is 3.26. The molecule has 80 valence electrons. The van der Waals surface area contributed by atoms with E-state index in [1.807, 2.05) is 0 Å². The maximum atomic E-state index is 11.4. The molecule has 2 heterocycles. The van der Waals surface area contributed by atoms with Gasteiger partial charge in [-0.05, 0) is 0 Å². The molecule has 0 radical (unpaired) electrons. The molecule has 4 N–H and O–H groups in total. The van der Waals surface area contributed by atoms with E-state index in [1.165, 1.54) is 4.90 Å². The molecular weight excluding hydrogens is 202 g/mol. The Morgan fingerprint density at radius 1 is 1.67 bits per heavy atom. The number of hydrogen-bond donors (Lipinski definition) is 3. The Hall–Kier alpha value is -1.96. The van der Waals surface area contributed by atoms with Crippen LogP contribution in [0.3, 0.4) is 0 Å². The molecule has 1 fully saturated rings. The number of H-pyrrole nitrogens is 1. The lowest BCUT2D eigenvalue weighted by Gasteiger charge is -2.09. The van der Waals surface area contributed by atoms with Gasteiger partial charge in [-0.2, -0.15) is 4.98 Å². The number of anilines is 1. The van der Waals surface area contributed by atoms with Gasteiger partial charge in [0.05, 0.1) is 0 Å². The summed E-state index contributed by atoms with van der Waals surface area (Å²) in [5.41, 5.74) is 5.57. The first kappa shape index (κ1) is 9.59. The second-order valence-electron chi connectivity index (χ2n) is 3.26. The fourth-order valence-corrected chi connectivity index (χ4v) is 1.40. The van der Waals surface area contributed by atoms with Gasteiger partial charge in [-0.3, -0.25) is 14.8 Å². The van der Waals surface area contributed by atoms with E-state index in [4.69, 9.17) is 10.8 Å². The monoisotopic (exact) mass is 211 g/mol. The Balaban J connectivity index is 2.23. The second kappa shape index (κ2) is 3.31. The lowest BCUT2D eigenvalue weighted by Crippen LogP contribution is -2.28. The quantitative estimate of drug-likeness (QED) is 0.550. The van der Waals surface area contributed by atoms with E-state index >= 15 is 0 Å². The van der Waals surface area contributed by atoms with Crippen LogP contribution in [0.2, 0.25) is 0 Å². The summed E-state index contributed by atoms with van der Waals surface area (Å²) in [6.45, 7) is 0.315. The minimum Gasteiger partial charge on any atom is -0.475 e. The summed E-state index contributed by atoms with van der Waals surface area (Å²) in [5.74, 6) is -1.65. The van der Waals surface area contributed by atoms with Crippen LogP contribution < -0.4 is 10.6 Å². The molecule has 1 saturated heterocycles. The molecule has 1 aliphatic heterocycles. The summed E-state index contributed by atoms with van der Waals surface area (Å²) >= 11 is 0. The van der Waals surface area contributed by atoms with Gasteiger partial charge in [0.2, 0.25) is 11.7 Å². The SMILES string of the molecule is NC1CC(=O)N(c2n[nH]c(C(=O)O)n2)C1. The highest BCUT2D eigenvalue weighted by Crippen LogP contribution is 2.15. The van der Waals surface area contributed by atoms with Crippen molar-refractivity contribution < 1.29 is 14.7 Å². The molecule has 1 aromatic heterocycles. The highest BCUT2D eigenvalue weighted by Gasteiger charge is 2.31. The maximum absolute atomic E-state index is 11.4.